The molecule has 0 spiro atoms. The molecule has 0 aliphatic carbocycles. The average molecular weight is 379 g/mol. The van der Waals surface area contributed by atoms with Crippen molar-refractivity contribution in [1.29, 1.82) is 0 Å². The number of likely N-dealkylation sites (tertiary alicyclic amines) is 1. The Hall–Kier alpha value is -2.41. The molecule has 26 heavy (non-hydrogen) atoms. The Bertz CT molecular complexity index is 764. The van der Waals surface area contributed by atoms with E-state index >= 15 is 0 Å². The number of carbonyl (C=O) groups excluding carboxylic acids is 1. The van der Waals surface area contributed by atoms with Gasteiger partial charge in [-0.15, -0.1) is 0 Å². The van der Waals surface area contributed by atoms with Crippen LogP contribution >= 0.6 is 11.6 Å². The van der Waals surface area contributed by atoms with Crippen LogP contribution in [0.15, 0.2) is 30.6 Å². The number of ether oxygens (including phenoxy) is 1. The van der Waals surface area contributed by atoms with Crippen LogP contribution in [-0.4, -0.2) is 40.1 Å². The summed E-state index contributed by atoms with van der Waals surface area (Å²) in [6.07, 6.45) is 3.32. The number of benzene rings is 1. The van der Waals surface area contributed by atoms with Gasteiger partial charge in [-0.25, -0.2) is 19.2 Å². The predicted molar refractivity (Wildman–Crippen MR) is 97.1 cm³/mol. The molecular formula is C18H20ClFN4O2. The molecule has 1 aliphatic rings. The molecule has 1 aromatic heterocycles. The molecule has 0 saturated carbocycles. The minimum atomic E-state index is -0.427. The molecule has 3 rings (SSSR count). The normalized spacial score (nSPS) is 15.0. The van der Waals surface area contributed by atoms with Crippen molar-refractivity contribution >= 4 is 23.5 Å². The number of anilines is 1. The highest BCUT2D eigenvalue weighted by Crippen LogP contribution is 2.25. The maximum Gasteiger partial charge on any atom is 0.415 e. The topological polar surface area (TPSA) is 67.4 Å². The second kappa shape index (κ2) is 8.31. The fourth-order valence-corrected chi connectivity index (χ4v) is 3.11. The van der Waals surface area contributed by atoms with Crippen molar-refractivity contribution in [2.75, 3.05) is 18.4 Å². The second-order valence-corrected chi connectivity index (χ2v) is 6.44. The van der Waals surface area contributed by atoms with Crippen LogP contribution in [0.1, 0.15) is 25.5 Å². The number of nitrogens with one attached hydrogen (secondary N) is 1. The van der Waals surface area contributed by atoms with E-state index in [1.54, 1.807) is 4.90 Å². The molecule has 138 valence electrons. The molecule has 6 nitrogen and oxygen atoms in total. The molecule has 2 aromatic rings. The van der Waals surface area contributed by atoms with Crippen LogP contribution < -0.4 is 10.1 Å². The summed E-state index contributed by atoms with van der Waals surface area (Å²) in [5.41, 5.74) is 0.810. The third-order valence-corrected chi connectivity index (χ3v) is 4.71. The largest absolute Gasteiger partial charge is 0.415 e. The standard InChI is InChI=1S/C18H20ClFN4O2/c1-2-15-16(19)17(22-11-21-15)23-13-7-9-24(10-8-13)18(25)26-14-5-3-12(20)4-6-14/h3-6,11,13H,2,7-10H2,1H3,(H,21,22,23). The van der Waals surface area contributed by atoms with Gasteiger partial charge in [-0.05, 0) is 43.5 Å². The maximum atomic E-state index is 12.9. The van der Waals surface area contributed by atoms with E-state index in [9.17, 15) is 9.18 Å². The number of amides is 1. The van der Waals surface area contributed by atoms with E-state index in [1.165, 1.54) is 30.6 Å². The summed E-state index contributed by atoms with van der Waals surface area (Å²) in [5.74, 6) is 0.591. The van der Waals surface area contributed by atoms with Crippen LogP contribution in [-0.2, 0) is 6.42 Å². The highest BCUT2D eigenvalue weighted by atomic mass is 35.5. The van der Waals surface area contributed by atoms with Gasteiger partial charge in [-0.1, -0.05) is 18.5 Å². The number of carbonyl (C=O) groups is 1. The Kier molecular flexibility index (Phi) is 5.88. The first-order valence-corrected chi connectivity index (χ1v) is 8.93. The van der Waals surface area contributed by atoms with Crippen LogP contribution in [0.5, 0.6) is 5.75 Å². The fourth-order valence-electron chi connectivity index (χ4n) is 2.82. The zero-order chi connectivity index (χ0) is 18.5. The molecule has 1 N–H and O–H groups in total. The molecule has 1 aromatic carbocycles. The molecule has 0 radical (unpaired) electrons. The fraction of sp³-hybridized carbons (Fsp3) is 0.389. The third kappa shape index (κ3) is 4.40. The average Bonchev–Trinajstić information content (AvgIpc) is 2.66. The predicted octanol–water partition coefficient (Wildman–Crippen LogP) is 3.91. The molecule has 8 heteroatoms. The van der Waals surface area contributed by atoms with Crippen molar-refractivity contribution in [3.05, 3.63) is 47.1 Å². The lowest BCUT2D eigenvalue weighted by Gasteiger charge is -2.32. The van der Waals surface area contributed by atoms with E-state index in [0.29, 0.717) is 29.7 Å². The SMILES string of the molecule is CCc1ncnc(NC2CCN(C(=O)Oc3ccc(F)cc3)CC2)c1Cl. The maximum absolute atomic E-state index is 12.9. The number of halogens is 2. The van der Waals surface area contributed by atoms with Crippen molar-refractivity contribution < 1.29 is 13.9 Å². The smallest absolute Gasteiger partial charge is 0.410 e. The second-order valence-electron chi connectivity index (χ2n) is 6.06. The number of piperidine rings is 1. The number of hydrogen-bond donors (Lipinski definition) is 1. The Balaban J connectivity index is 1.52. The van der Waals surface area contributed by atoms with E-state index in [2.05, 4.69) is 15.3 Å². The summed E-state index contributed by atoms with van der Waals surface area (Å²) in [4.78, 5) is 22.2. The minimum Gasteiger partial charge on any atom is -0.410 e. The molecule has 0 atom stereocenters. The lowest BCUT2D eigenvalue weighted by molar-refractivity contribution is 0.140. The van der Waals surface area contributed by atoms with Gasteiger partial charge in [0.2, 0.25) is 0 Å². The monoisotopic (exact) mass is 378 g/mol. The van der Waals surface area contributed by atoms with Gasteiger partial charge < -0.3 is 15.0 Å². The van der Waals surface area contributed by atoms with E-state index < -0.39 is 6.09 Å². The number of aromatic nitrogens is 2. The first-order valence-electron chi connectivity index (χ1n) is 8.55. The first-order chi connectivity index (χ1) is 12.6. The highest BCUT2D eigenvalue weighted by molar-refractivity contribution is 6.33. The van der Waals surface area contributed by atoms with Crippen LogP contribution in [0.2, 0.25) is 5.02 Å². The molecule has 1 aliphatic heterocycles. The summed E-state index contributed by atoms with van der Waals surface area (Å²) >= 11 is 6.31. The van der Waals surface area contributed by atoms with E-state index in [1.807, 2.05) is 6.92 Å². The van der Waals surface area contributed by atoms with Crippen LogP contribution in [0.25, 0.3) is 0 Å². The Morgan fingerprint density at radius 3 is 2.65 bits per heavy atom. The van der Waals surface area contributed by atoms with Gasteiger partial charge in [0.15, 0.2) is 0 Å². The van der Waals surface area contributed by atoms with Crippen LogP contribution in [0.4, 0.5) is 15.0 Å². The van der Waals surface area contributed by atoms with Crippen molar-refractivity contribution in [2.24, 2.45) is 0 Å². The van der Waals surface area contributed by atoms with Gasteiger partial charge in [0.1, 0.15) is 28.7 Å². The summed E-state index contributed by atoms with van der Waals surface area (Å²) in [6.45, 7) is 3.10. The van der Waals surface area contributed by atoms with E-state index in [0.717, 1.165) is 25.0 Å². The first kappa shape index (κ1) is 18.4. The lowest BCUT2D eigenvalue weighted by Crippen LogP contribution is -2.43. The Labute approximate surface area is 156 Å². The molecule has 1 fully saturated rings. The Morgan fingerprint density at radius 2 is 2.00 bits per heavy atom. The highest BCUT2D eigenvalue weighted by Gasteiger charge is 2.25. The summed E-state index contributed by atoms with van der Waals surface area (Å²) in [6, 6.07) is 5.55. The van der Waals surface area contributed by atoms with Gasteiger partial charge in [0.25, 0.3) is 0 Å². The van der Waals surface area contributed by atoms with Gasteiger partial charge >= 0.3 is 6.09 Å². The number of rotatable bonds is 4. The van der Waals surface area contributed by atoms with Crippen molar-refractivity contribution in [3.8, 4) is 5.75 Å². The van der Waals surface area contributed by atoms with E-state index in [-0.39, 0.29) is 11.9 Å². The molecule has 0 bridgehead atoms. The van der Waals surface area contributed by atoms with Crippen molar-refractivity contribution in [1.82, 2.24) is 14.9 Å². The number of nitrogens with zero attached hydrogens (tertiary/aromatic N) is 3. The van der Waals surface area contributed by atoms with Gasteiger partial charge in [-0.2, -0.15) is 0 Å². The zero-order valence-electron chi connectivity index (χ0n) is 14.4. The molecule has 1 amide bonds. The van der Waals surface area contributed by atoms with Crippen LogP contribution in [0, 0.1) is 5.82 Å². The van der Waals surface area contributed by atoms with Crippen molar-refractivity contribution in [2.45, 2.75) is 32.2 Å². The molecule has 0 unspecified atom stereocenters. The zero-order valence-corrected chi connectivity index (χ0v) is 15.2. The van der Waals surface area contributed by atoms with E-state index in [4.69, 9.17) is 16.3 Å². The van der Waals surface area contributed by atoms with Crippen LogP contribution in [0.3, 0.4) is 0 Å². The lowest BCUT2D eigenvalue weighted by atomic mass is 10.1. The van der Waals surface area contributed by atoms with Gasteiger partial charge in [0, 0.05) is 19.1 Å². The third-order valence-electron chi connectivity index (χ3n) is 4.31. The molecule has 1 saturated heterocycles. The molecule has 2 heterocycles. The number of hydrogen-bond acceptors (Lipinski definition) is 5. The number of aryl methyl sites for hydroxylation is 1. The quantitative estimate of drug-likeness (QED) is 0.873. The van der Waals surface area contributed by atoms with Crippen molar-refractivity contribution in [3.63, 3.8) is 0 Å². The van der Waals surface area contributed by atoms with Gasteiger partial charge in [0.05, 0.1) is 5.69 Å². The Morgan fingerprint density at radius 1 is 1.31 bits per heavy atom. The summed E-state index contributed by atoms with van der Waals surface area (Å²) < 4.78 is 18.2. The molecular weight excluding hydrogens is 359 g/mol. The minimum absolute atomic E-state index is 0.168. The van der Waals surface area contributed by atoms with Gasteiger partial charge in [-0.3, -0.25) is 0 Å². The summed E-state index contributed by atoms with van der Waals surface area (Å²) in [7, 11) is 0. The summed E-state index contributed by atoms with van der Waals surface area (Å²) in [5, 5.41) is 3.88.